The van der Waals surface area contributed by atoms with E-state index in [0.29, 0.717) is 0 Å². The van der Waals surface area contributed by atoms with Gasteiger partial charge in [0.2, 0.25) is 0 Å². The van der Waals surface area contributed by atoms with E-state index in [1.54, 1.807) is 0 Å². The van der Waals surface area contributed by atoms with E-state index in [9.17, 15) is 0 Å². The average Bonchev–Trinajstić information content (AvgIpc) is 1.93. The molecule has 0 atom stereocenters. The van der Waals surface area contributed by atoms with Gasteiger partial charge in [0.15, 0.2) is 0 Å². The molecule has 0 N–H and O–H groups in total. The van der Waals surface area contributed by atoms with Crippen molar-refractivity contribution in [2.45, 2.75) is 26.7 Å². The van der Waals surface area contributed by atoms with Crippen LogP contribution in [-0.2, 0) is 0 Å². The van der Waals surface area contributed by atoms with Crippen LogP contribution in [-0.4, -0.2) is 24.5 Å². The summed E-state index contributed by atoms with van der Waals surface area (Å²) in [7, 11) is 0. The van der Waals surface area contributed by atoms with Crippen LogP contribution in [0.2, 0.25) is 0 Å². The second-order valence-electron chi connectivity index (χ2n) is 4.14. The van der Waals surface area contributed by atoms with Gasteiger partial charge < -0.3 is 11.8 Å². The minimum atomic E-state index is 0. The van der Waals surface area contributed by atoms with Gasteiger partial charge >= 0.3 is 51.4 Å². The molecule has 0 aromatic carbocycles. The van der Waals surface area contributed by atoms with Gasteiger partial charge in [0.05, 0.1) is 0 Å². The summed E-state index contributed by atoms with van der Waals surface area (Å²) in [6.45, 7) is 12.5. The summed E-state index contributed by atoms with van der Waals surface area (Å²) in [5.74, 6) is 1.54. The minimum Gasteiger partial charge on any atom is -0.340 e. The smallest absolute Gasteiger partial charge is 0.340 e. The van der Waals surface area contributed by atoms with Gasteiger partial charge in [-0.3, -0.25) is 0 Å². The van der Waals surface area contributed by atoms with Crippen molar-refractivity contribution in [2.24, 2.45) is 11.8 Å². The monoisotopic (exact) mass is 193 g/mol. The van der Waals surface area contributed by atoms with Crippen LogP contribution in [0.3, 0.4) is 0 Å². The Morgan fingerprint density at radius 1 is 1.33 bits per heavy atom. The van der Waals surface area contributed by atoms with E-state index in [4.69, 9.17) is 0 Å². The van der Waals surface area contributed by atoms with Gasteiger partial charge in [0.25, 0.3) is 0 Å². The molecule has 1 aliphatic heterocycles. The van der Waals surface area contributed by atoms with E-state index in [2.05, 4.69) is 25.7 Å². The molecule has 2 heteroatoms. The van der Waals surface area contributed by atoms with Crippen LogP contribution in [0.5, 0.6) is 0 Å². The third-order valence-electron chi connectivity index (χ3n) is 2.33. The van der Waals surface area contributed by atoms with Gasteiger partial charge in [-0.15, -0.1) is 0 Å². The zero-order chi connectivity index (χ0) is 8.27. The predicted molar refractivity (Wildman–Crippen MR) is 49.4 cm³/mol. The minimum absolute atomic E-state index is 0. The summed E-state index contributed by atoms with van der Waals surface area (Å²) in [5, 5.41) is 0. The number of rotatable bonds is 2. The Morgan fingerprint density at radius 3 is 2.25 bits per heavy atom. The second kappa shape index (κ2) is 6.96. The molecule has 1 nitrogen and oxygen atoms in total. The Labute approximate surface area is 120 Å². The molecule has 1 heterocycles. The van der Waals surface area contributed by atoms with E-state index >= 15 is 0 Å². The van der Waals surface area contributed by atoms with Crippen molar-refractivity contribution in [3.05, 3.63) is 6.92 Å². The Hall–Kier alpha value is 1.60. The van der Waals surface area contributed by atoms with Gasteiger partial charge in [-0.2, -0.15) is 5.92 Å². The Morgan fingerprint density at radius 2 is 1.83 bits per heavy atom. The first-order valence-corrected chi connectivity index (χ1v) is 4.74. The first-order valence-electron chi connectivity index (χ1n) is 4.74. The van der Waals surface area contributed by atoms with Crippen LogP contribution in [0.25, 0.3) is 0 Å². The molecule has 12 heavy (non-hydrogen) atoms. The standard InChI is InChI=1S/C10H20N.K/c1-9(2)8-11-6-4-10(3)5-7-11;/h9-10H,3-8H2,1-2H3;/q-1;+1. The summed E-state index contributed by atoms with van der Waals surface area (Å²) in [5.41, 5.74) is 0. The molecule has 1 rings (SSSR count). The largest absolute Gasteiger partial charge is 1.00 e. The Balaban J connectivity index is 0.00000121. The van der Waals surface area contributed by atoms with Crippen molar-refractivity contribution in [1.29, 1.82) is 0 Å². The molecule has 0 bridgehead atoms. The maximum Gasteiger partial charge on any atom is 1.00 e. The van der Waals surface area contributed by atoms with Gasteiger partial charge in [-0.1, -0.05) is 26.7 Å². The maximum absolute atomic E-state index is 4.08. The molecule has 1 saturated heterocycles. The molecule has 0 unspecified atom stereocenters. The van der Waals surface area contributed by atoms with Crippen LogP contribution >= 0.6 is 0 Å². The number of likely N-dealkylation sites (tertiary alicyclic amines) is 1. The Kier molecular flexibility index (Phi) is 7.89. The molecular weight excluding hydrogens is 173 g/mol. The van der Waals surface area contributed by atoms with E-state index in [1.807, 2.05) is 0 Å². The van der Waals surface area contributed by atoms with Crippen molar-refractivity contribution in [3.63, 3.8) is 0 Å². The van der Waals surface area contributed by atoms with E-state index < -0.39 is 0 Å². The van der Waals surface area contributed by atoms with Crippen molar-refractivity contribution < 1.29 is 51.4 Å². The molecule has 0 aromatic heterocycles. The fourth-order valence-electron chi connectivity index (χ4n) is 1.69. The van der Waals surface area contributed by atoms with Crippen LogP contribution < -0.4 is 51.4 Å². The van der Waals surface area contributed by atoms with Crippen molar-refractivity contribution in [1.82, 2.24) is 4.90 Å². The summed E-state index contributed by atoms with van der Waals surface area (Å²) >= 11 is 0. The number of piperidine rings is 1. The first-order chi connectivity index (χ1) is 5.18. The molecule has 0 amide bonds. The normalized spacial score (nSPS) is 21.0. The third-order valence-corrected chi connectivity index (χ3v) is 2.33. The molecule has 0 spiro atoms. The topological polar surface area (TPSA) is 3.24 Å². The van der Waals surface area contributed by atoms with Crippen molar-refractivity contribution >= 4 is 0 Å². The van der Waals surface area contributed by atoms with Crippen molar-refractivity contribution in [3.8, 4) is 0 Å². The molecule has 1 fully saturated rings. The summed E-state index contributed by atoms with van der Waals surface area (Å²) in [4.78, 5) is 2.56. The predicted octanol–water partition coefficient (Wildman–Crippen LogP) is -0.808. The van der Waals surface area contributed by atoms with E-state index in [-0.39, 0.29) is 51.4 Å². The van der Waals surface area contributed by atoms with Gasteiger partial charge in [0, 0.05) is 6.54 Å². The molecule has 0 aliphatic carbocycles. The molecule has 66 valence electrons. The third kappa shape index (κ3) is 5.35. The zero-order valence-corrected chi connectivity index (χ0v) is 12.0. The number of hydrogen-bond acceptors (Lipinski definition) is 1. The summed E-state index contributed by atoms with van der Waals surface area (Å²) in [6, 6.07) is 0. The zero-order valence-electron chi connectivity index (χ0n) is 8.84. The molecule has 1 aliphatic rings. The quantitative estimate of drug-likeness (QED) is 0.410. The number of nitrogens with zero attached hydrogens (tertiary/aromatic N) is 1. The summed E-state index contributed by atoms with van der Waals surface area (Å²) in [6.07, 6.45) is 2.60. The fourth-order valence-corrected chi connectivity index (χ4v) is 1.69. The van der Waals surface area contributed by atoms with E-state index in [0.717, 1.165) is 11.8 Å². The number of hydrogen-bond donors (Lipinski definition) is 0. The summed E-state index contributed by atoms with van der Waals surface area (Å²) < 4.78 is 0. The first kappa shape index (κ1) is 13.6. The molecular formula is C10H20KN. The molecule has 0 radical (unpaired) electrons. The molecule has 0 aromatic rings. The van der Waals surface area contributed by atoms with Gasteiger partial charge in [-0.05, 0) is 19.0 Å². The maximum atomic E-state index is 4.08. The average molecular weight is 193 g/mol. The van der Waals surface area contributed by atoms with Crippen molar-refractivity contribution in [2.75, 3.05) is 19.6 Å². The Bertz CT molecular complexity index is 106. The van der Waals surface area contributed by atoms with Crippen LogP contribution in [0.15, 0.2) is 0 Å². The second-order valence-corrected chi connectivity index (χ2v) is 4.14. The fraction of sp³-hybridized carbons (Fsp3) is 0.900. The SMILES string of the molecule is [CH2-]C1CCN(CC(C)C)CC1.[K+]. The van der Waals surface area contributed by atoms with Crippen LogP contribution in [0.1, 0.15) is 26.7 Å². The van der Waals surface area contributed by atoms with E-state index in [1.165, 1.54) is 32.5 Å². The molecule has 0 saturated carbocycles. The van der Waals surface area contributed by atoms with Crippen LogP contribution in [0.4, 0.5) is 0 Å². The van der Waals surface area contributed by atoms with Gasteiger partial charge in [0.1, 0.15) is 0 Å². The van der Waals surface area contributed by atoms with Crippen LogP contribution in [0, 0.1) is 18.8 Å². The van der Waals surface area contributed by atoms with Gasteiger partial charge in [-0.25, -0.2) is 0 Å².